The van der Waals surface area contributed by atoms with Gasteiger partial charge in [-0.15, -0.1) is 0 Å². The molecule has 4 rings (SSSR count). The number of hydrogen-bond acceptors (Lipinski definition) is 3. The van der Waals surface area contributed by atoms with Gasteiger partial charge in [0.2, 0.25) is 0 Å². The van der Waals surface area contributed by atoms with Gasteiger partial charge in [-0.25, -0.2) is 9.97 Å². The summed E-state index contributed by atoms with van der Waals surface area (Å²) in [6.07, 6.45) is 4.08. The van der Waals surface area contributed by atoms with E-state index in [-0.39, 0.29) is 0 Å². The highest BCUT2D eigenvalue weighted by atomic mass is 35.5. The molecule has 6 heteroatoms. The van der Waals surface area contributed by atoms with Crippen molar-refractivity contribution in [2.75, 3.05) is 5.73 Å². The third-order valence-corrected chi connectivity index (χ3v) is 4.32. The van der Waals surface area contributed by atoms with Crippen LogP contribution in [0.15, 0.2) is 30.5 Å². The summed E-state index contributed by atoms with van der Waals surface area (Å²) in [5.74, 6) is 0.843. The van der Waals surface area contributed by atoms with Gasteiger partial charge in [-0.1, -0.05) is 23.2 Å². The molecule has 0 bridgehead atoms. The summed E-state index contributed by atoms with van der Waals surface area (Å²) in [6.45, 7) is 0. The van der Waals surface area contributed by atoms with Crippen LogP contribution in [0.4, 0.5) is 5.69 Å². The number of nitrogen functional groups attached to an aromatic ring is 1. The molecule has 0 saturated heterocycles. The van der Waals surface area contributed by atoms with Crippen LogP contribution in [-0.4, -0.2) is 14.5 Å². The molecule has 3 aromatic rings. The molecule has 2 aromatic heterocycles. The highest BCUT2D eigenvalue weighted by Gasteiger charge is 2.29. The molecule has 2 N–H and O–H groups in total. The highest BCUT2D eigenvalue weighted by Crippen LogP contribution is 2.42. The Hall–Kier alpha value is -1.78. The van der Waals surface area contributed by atoms with Crippen LogP contribution >= 0.6 is 23.2 Å². The number of benzene rings is 1. The van der Waals surface area contributed by atoms with Crippen molar-refractivity contribution in [2.45, 2.75) is 18.9 Å². The predicted molar refractivity (Wildman–Crippen MR) is 85.7 cm³/mol. The van der Waals surface area contributed by atoms with Gasteiger partial charge in [0.15, 0.2) is 5.65 Å². The number of halogens is 2. The summed E-state index contributed by atoms with van der Waals surface area (Å²) in [6, 6.07) is 7.92. The molecule has 0 radical (unpaired) electrons. The fraction of sp³-hybridized carbons (Fsp3) is 0.200. The molecule has 1 aliphatic carbocycles. The van der Waals surface area contributed by atoms with Gasteiger partial charge in [0.25, 0.3) is 0 Å². The molecule has 1 saturated carbocycles. The first kappa shape index (κ1) is 12.9. The molecule has 106 valence electrons. The van der Waals surface area contributed by atoms with Crippen LogP contribution in [0, 0.1) is 0 Å². The van der Waals surface area contributed by atoms with Crippen molar-refractivity contribution in [3.8, 4) is 11.4 Å². The van der Waals surface area contributed by atoms with Gasteiger partial charge in [0.1, 0.15) is 11.3 Å². The summed E-state index contributed by atoms with van der Waals surface area (Å²) in [5.41, 5.74) is 8.85. The van der Waals surface area contributed by atoms with Gasteiger partial charge in [-0.2, -0.15) is 0 Å². The molecule has 2 heterocycles. The largest absolute Gasteiger partial charge is 0.396 e. The van der Waals surface area contributed by atoms with Crippen molar-refractivity contribution in [1.82, 2.24) is 14.5 Å². The number of imidazole rings is 1. The summed E-state index contributed by atoms with van der Waals surface area (Å²) in [7, 11) is 0. The lowest BCUT2D eigenvalue weighted by molar-refractivity contribution is 0.766. The number of rotatable bonds is 2. The Bertz CT molecular complexity index is 829. The van der Waals surface area contributed by atoms with Gasteiger partial charge in [-0.3, -0.25) is 0 Å². The van der Waals surface area contributed by atoms with Crippen LogP contribution in [0.5, 0.6) is 0 Å². The lowest BCUT2D eigenvalue weighted by Gasteiger charge is -2.09. The first-order chi connectivity index (χ1) is 10.1. The fourth-order valence-corrected chi connectivity index (χ4v) is 3.01. The number of anilines is 1. The molecule has 0 amide bonds. The second-order valence-electron chi connectivity index (χ2n) is 5.24. The van der Waals surface area contributed by atoms with Crippen molar-refractivity contribution in [1.29, 1.82) is 0 Å². The van der Waals surface area contributed by atoms with Gasteiger partial charge >= 0.3 is 0 Å². The number of nitrogens with zero attached hydrogens (tertiary/aromatic N) is 3. The molecule has 0 aliphatic heterocycles. The number of fused-ring (bicyclic) bond motifs is 1. The van der Waals surface area contributed by atoms with E-state index in [4.69, 9.17) is 33.9 Å². The van der Waals surface area contributed by atoms with E-state index < -0.39 is 0 Å². The zero-order valence-corrected chi connectivity index (χ0v) is 12.6. The maximum atomic E-state index is 6.15. The summed E-state index contributed by atoms with van der Waals surface area (Å²) >= 11 is 12.3. The van der Waals surface area contributed by atoms with E-state index >= 15 is 0 Å². The maximum absolute atomic E-state index is 6.15. The second kappa shape index (κ2) is 4.61. The third-order valence-electron chi connectivity index (χ3n) is 3.70. The van der Waals surface area contributed by atoms with E-state index in [1.54, 1.807) is 6.20 Å². The van der Waals surface area contributed by atoms with Gasteiger partial charge in [0, 0.05) is 17.8 Å². The van der Waals surface area contributed by atoms with Crippen molar-refractivity contribution < 1.29 is 0 Å². The quantitative estimate of drug-likeness (QED) is 0.716. The van der Waals surface area contributed by atoms with Crippen LogP contribution in [0.3, 0.4) is 0 Å². The Morgan fingerprint density at radius 3 is 2.57 bits per heavy atom. The molecule has 4 nitrogen and oxygen atoms in total. The van der Waals surface area contributed by atoms with E-state index in [0.29, 0.717) is 21.8 Å². The molecule has 1 fully saturated rings. The van der Waals surface area contributed by atoms with Crippen molar-refractivity contribution in [3.05, 3.63) is 40.5 Å². The van der Waals surface area contributed by atoms with Gasteiger partial charge < -0.3 is 10.3 Å². The van der Waals surface area contributed by atoms with Crippen LogP contribution in [0.1, 0.15) is 18.9 Å². The minimum absolute atomic E-state index is 0.397. The minimum atomic E-state index is 0.397. The second-order valence-corrected chi connectivity index (χ2v) is 6.05. The molecular weight excluding hydrogens is 307 g/mol. The zero-order chi connectivity index (χ0) is 14.6. The predicted octanol–water partition coefficient (Wildman–Crippen LogP) is 4.32. The standard InChI is InChI=1S/C15H12Cl2N4/c16-10-6-8(7-11(17)13(10)18)14-20-12-2-1-5-19-15(12)21(14)9-3-4-9/h1-2,5-7,9H,3-4,18H2. The summed E-state index contributed by atoms with van der Waals surface area (Å²) in [5, 5.41) is 0.889. The summed E-state index contributed by atoms with van der Waals surface area (Å²) < 4.78 is 2.17. The van der Waals surface area contributed by atoms with E-state index in [1.807, 2.05) is 24.3 Å². The monoisotopic (exact) mass is 318 g/mol. The normalized spacial score (nSPS) is 14.8. The average Bonchev–Trinajstić information content (AvgIpc) is 3.24. The van der Waals surface area contributed by atoms with E-state index in [1.165, 1.54) is 0 Å². The van der Waals surface area contributed by atoms with E-state index in [9.17, 15) is 0 Å². The zero-order valence-electron chi connectivity index (χ0n) is 11.1. The summed E-state index contributed by atoms with van der Waals surface area (Å²) in [4.78, 5) is 9.16. The van der Waals surface area contributed by atoms with Gasteiger partial charge in [0.05, 0.1) is 15.7 Å². The Labute approximate surface area is 131 Å². The van der Waals surface area contributed by atoms with Crippen LogP contribution < -0.4 is 5.73 Å². The Morgan fingerprint density at radius 1 is 1.19 bits per heavy atom. The lowest BCUT2D eigenvalue weighted by Crippen LogP contribution is -1.99. The van der Waals surface area contributed by atoms with Crippen LogP contribution in [0.25, 0.3) is 22.6 Å². The average molecular weight is 319 g/mol. The number of aromatic nitrogens is 3. The van der Waals surface area contributed by atoms with Crippen molar-refractivity contribution >= 4 is 40.1 Å². The lowest BCUT2D eigenvalue weighted by atomic mass is 10.2. The Kier molecular flexibility index (Phi) is 2.84. The van der Waals surface area contributed by atoms with E-state index in [2.05, 4.69) is 9.55 Å². The minimum Gasteiger partial charge on any atom is -0.396 e. The van der Waals surface area contributed by atoms with Crippen LogP contribution in [-0.2, 0) is 0 Å². The molecule has 0 unspecified atom stereocenters. The number of hydrogen-bond donors (Lipinski definition) is 1. The van der Waals surface area contributed by atoms with Gasteiger partial charge in [-0.05, 0) is 37.1 Å². The number of pyridine rings is 1. The highest BCUT2D eigenvalue weighted by molar-refractivity contribution is 6.39. The molecule has 21 heavy (non-hydrogen) atoms. The van der Waals surface area contributed by atoms with E-state index in [0.717, 1.165) is 35.4 Å². The maximum Gasteiger partial charge on any atom is 0.160 e. The number of nitrogens with two attached hydrogens (primary N) is 1. The first-order valence-electron chi connectivity index (χ1n) is 6.73. The molecule has 1 aromatic carbocycles. The van der Waals surface area contributed by atoms with Crippen molar-refractivity contribution in [3.63, 3.8) is 0 Å². The smallest absolute Gasteiger partial charge is 0.160 e. The topological polar surface area (TPSA) is 56.7 Å². The fourth-order valence-electron chi connectivity index (χ4n) is 2.53. The Balaban J connectivity index is 2.00. The molecular formula is C15H12Cl2N4. The Morgan fingerprint density at radius 2 is 1.90 bits per heavy atom. The molecule has 1 aliphatic rings. The van der Waals surface area contributed by atoms with Crippen molar-refractivity contribution in [2.24, 2.45) is 0 Å². The molecule has 0 spiro atoms. The first-order valence-corrected chi connectivity index (χ1v) is 7.48. The SMILES string of the molecule is Nc1c(Cl)cc(-c2nc3cccnc3n2C2CC2)cc1Cl. The van der Waals surface area contributed by atoms with Crippen LogP contribution in [0.2, 0.25) is 10.0 Å². The molecule has 0 atom stereocenters. The third kappa shape index (κ3) is 2.06.